The number of carbonyl (C=O) groups is 4. The van der Waals surface area contributed by atoms with Crippen molar-refractivity contribution in [1.82, 2.24) is 4.90 Å². The Balaban J connectivity index is 1.26. The van der Waals surface area contributed by atoms with Crippen LogP contribution in [0, 0.1) is 24.7 Å². The van der Waals surface area contributed by atoms with E-state index in [9.17, 15) is 19.2 Å². The number of nitrogens with zero attached hydrogens (tertiary/aromatic N) is 1. The zero-order valence-electron chi connectivity index (χ0n) is 22.4. The molecule has 0 saturated carbocycles. The van der Waals surface area contributed by atoms with Crippen LogP contribution in [0.5, 0.6) is 0 Å². The van der Waals surface area contributed by atoms with E-state index in [0.717, 1.165) is 27.2 Å². The van der Waals surface area contributed by atoms with Gasteiger partial charge in [0, 0.05) is 22.5 Å². The Hall–Kier alpha value is -3.97. The first-order valence-corrected chi connectivity index (χ1v) is 13.8. The van der Waals surface area contributed by atoms with Crippen LogP contribution < -0.4 is 5.32 Å². The number of nitrogens with one attached hydrogen (secondary N) is 1. The highest BCUT2D eigenvalue weighted by Gasteiger charge is 2.63. The Morgan fingerprint density at radius 2 is 1.35 bits per heavy atom. The predicted molar refractivity (Wildman–Crippen MR) is 150 cm³/mol. The van der Waals surface area contributed by atoms with E-state index in [2.05, 4.69) is 5.32 Å². The number of hydrogen-bond acceptors (Lipinski definition) is 5. The number of hydrogen-bond donors (Lipinski definition) is 1. The van der Waals surface area contributed by atoms with E-state index in [1.165, 1.54) is 0 Å². The molecule has 1 fully saturated rings. The first-order chi connectivity index (χ1) is 19.2. The van der Waals surface area contributed by atoms with E-state index in [-0.39, 0.29) is 23.7 Å². The summed E-state index contributed by atoms with van der Waals surface area (Å²) in [4.78, 5) is 55.2. The third kappa shape index (κ3) is 3.94. The van der Waals surface area contributed by atoms with Gasteiger partial charge in [-0.2, -0.15) is 0 Å². The first kappa shape index (κ1) is 26.3. The molecule has 1 aliphatic heterocycles. The van der Waals surface area contributed by atoms with Crippen molar-refractivity contribution in [3.05, 3.63) is 99.6 Å². The van der Waals surface area contributed by atoms with E-state index >= 15 is 0 Å². The molecule has 3 amide bonds. The Bertz CT molecular complexity index is 1450. The second-order valence-electron chi connectivity index (χ2n) is 11.1. The first-order valence-electron chi connectivity index (χ1n) is 13.5. The summed E-state index contributed by atoms with van der Waals surface area (Å²) in [7, 11) is 0. The summed E-state index contributed by atoms with van der Waals surface area (Å²) in [5, 5.41) is 3.19. The molecule has 2 bridgehead atoms. The van der Waals surface area contributed by atoms with Crippen molar-refractivity contribution in [3.8, 4) is 0 Å². The monoisotopic (exact) mass is 556 g/mol. The van der Waals surface area contributed by atoms with Gasteiger partial charge in [0.05, 0.1) is 11.8 Å². The van der Waals surface area contributed by atoms with Gasteiger partial charge in [0.25, 0.3) is 5.91 Å². The third-order valence-electron chi connectivity index (χ3n) is 8.52. The van der Waals surface area contributed by atoms with Crippen LogP contribution in [0.3, 0.4) is 0 Å². The van der Waals surface area contributed by atoms with Crippen LogP contribution in [0.1, 0.15) is 53.5 Å². The highest BCUT2D eigenvalue weighted by atomic mass is 35.5. The molecule has 8 heteroatoms. The summed E-state index contributed by atoms with van der Waals surface area (Å²) >= 11 is 6.13. The smallest absolute Gasteiger partial charge is 0.330 e. The molecule has 40 heavy (non-hydrogen) atoms. The summed E-state index contributed by atoms with van der Waals surface area (Å²) in [6.07, 6.45) is 0. The summed E-state index contributed by atoms with van der Waals surface area (Å²) in [6, 6.07) is 20.0. The maximum Gasteiger partial charge on any atom is 0.330 e. The third-order valence-corrected chi connectivity index (χ3v) is 8.93. The molecule has 1 N–H and O–H groups in total. The SMILES string of the molecule is Cc1c(Cl)cccc1NC(=O)COC(=O)[C@@H](C(C)C)N1C(=O)[C@@H]2C3c4ccccc4C(c4ccccc43)[C@@H]2C1=O. The lowest BCUT2D eigenvalue weighted by atomic mass is 9.55. The molecule has 1 saturated heterocycles. The van der Waals surface area contributed by atoms with Crippen molar-refractivity contribution in [1.29, 1.82) is 0 Å². The van der Waals surface area contributed by atoms with Gasteiger partial charge in [-0.05, 0) is 52.8 Å². The maximum absolute atomic E-state index is 14.1. The van der Waals surface area contributed by atoms with Gasteiger partial charge in [-0.15, -0.1) is 0 Å². The average Bonchev–Trinajstić information content (AvgIpc) is 3.20. The number of rotatable bonds is 6. The van der Waals surface area contributed by atoms with Gasteiger partial charge >= 0.3 is 5.97 Å². The standard InChI is InChI=1S/C32H29ClN2O5/c1-16(2)29(32(39)40-15-24(36)34-23-14-8-13-22(33)17(23)3)35-30(37)27-25-18-9-4-5-10-19(18)26(28(27)31(35)38)21-12-7-6-11-20(21)25/h4-14,16,25-29H,15H2,1-3H3,(H,34,36)/t25?,26?,27-,28+,29-/m1/s1. The maximum atomic E-state index is 14.1. The van der Waals surface area contributed by atoms with Gasteiger partial charge in [-0.1, -0.05) is 80.0 Å². The minimum Gasteiger partial charge on any atom is -0.454 e. The van der Waals surface area contributed by atoms with E-state index in [1.54, 1.807) is 39.0 Å². The van der Waals surface area contributed by atoms with Gasteiger partial charge < -0.3 is 10.1 Å². The zero-order chi connectivity index (χ0) is 28.3. The largest absolute Gasteiger partial charge is 0.454 e. The fourth-order valence-corrected chi connectivity index (χ4v) is 6.98. The molecule has 204 valence electrons. The Morgan fingerprint density at radius 3 is 1.82 bits per heavy atom. The van der Waals surface area contributed by atoms with Crippen molar-refractivity contribution in [2.45, 2.75) is 38.6 Å². The molecular weight excluding hydrogens is 528 g/mol. The number of esters is 1. The number of likely N-dealkylation sites (tertiary alicyclic amines) is 1. The molecule has 0 radical (unpaired) electrons. The van der Waals surface area contributed by atoms with Crippen molar-refractivity contribution >= 4 is 41.0 Å². The lowest BCUT2D eigenvalue weighted by molar-refractivity contribution is -0.162. The van der Waals surface area contributed by atoms with Gasteiger partial charge in [0.2, 0.25) is 11.8 Å². The number of amides is 3. The molecule has 3 aromatic carbocycles. The lowest BCUT2D eigenvalue weighted by Crippen LogP contribution is -2.49. The van der Waals surface area contributed by atoms with Crippen molar-refractivity contribution in [2.75, 3.05) is 11.9 Å². The fraction of sp³-hybridized carbons (Fsp3) is 0.312. The second kappa shape index (κ2) is 9.89. The average molecular weight is 557 g/mol. The van der Waals surface area contributed by atoms with E-state index in [0.29, 0.717) is 16.3 Å². The van der Waals surface area contributed by atoms with Crippen LogP contribution in [0.4, 0.5) is 5.69 Å². The number of halogens is 1. The minimum absolute atomic E-state index is 0.264. The highest BCUT2D eigenvalue weighted by Crippen LogP contribution is 2.61. The molecule has 4 aliphatic rings. The predicted octanol–water partition coefficient (Wildman–Crippen LogP) is 5.05. The molecule has 3 aliphatic carbocycles. The van der Waals surface area contributed by atoms with E-state index in [1.807, 2.05) is 48.5 Å². The molecular formula is C32H29ClN2O5. The molecule has 7 nitrogen and oxygen atoms in total. The van der Waals surface area contributed by atoms with E-state index in [4.69, 9.17) is 16.3 Å². The van der Waals surface area contributed by atoms with Crippen LogP contribution in [-0.4, -0.2) is 41.2 Å². The number of imide groups is 1. The van der Waals surface area contributed by atoms with Crippen LogP contribution in [-0.2, 0) is 23.9 Å². The van der Waals surface area contributed by atoms with Gasteiger partial charge in [-0.3, -0.25) is 19.3 Å². The topological polar surface area (TPSA) is 92.8 Å². The molecule has 0 aromatic heterocycles. The van der Waals surface area contributed by atoms with Crippen LogP contribution in [0.2, 0.25) is 5.02 Å². The van der Waals surface area contributed by atoms with Crippen molar-refractivity contribution < 1.29 is 23.9 Å². The summed E-state index contributed by atoms with van der Waals surface area (Å²) in [6.45, 7) is 4.75. The molecule has 7 rings (SSSR count). The second-order valence-corrected chi connectivity index (χ2v) is 11.5. The van der Waals surface area contributed by atoms with Crippen LogP contribution in [0.15, 0.2) is 66.7 Å². The van der Waals surface area contributed by atoms with Gasteiger partial charge in [-0.25, -0.2) is 4.79 Å². The van der Waals surface area contributed by atoms with Crippen molar-refractivity contribution in [3.63, 3.8) is 0 Å². The van der Waals surface area contributed by atoms with E-state index < -0.39 is 42.3 Å². The Morgan fingerprint density at radius 1 is 0.850 bits per heavy atom. The van der Waals surface area contributed by atoms with Gasteiger partial charge in [0.15, 0.2) is 6.61 Å². The molecule has 3 atom stereocenters. The summed E-state index contributed by atoms with van der Waals surface area (Å²) in [5.41, 5.74) is 5.45. The Kier molecular flexibility index (Phi) is 6.50. The summed E-state index contributed by atoms with van der Waals surface area (Å²) < 4.78 is 5.39. The molecule has 0 unspecified atom stereocenters. The van der Waals surface area contributed by atoms with Crippen LogP contribution in [0.25, 0.3) is 0 Å². The zero-order valence-corrected chi connectivity index (χ0v) is 23.1. The number of carbonyl (C=O) groups excluding carboxylic acids is 4. The number of anilines is 1. The summed E-state index contributed by atoms with van der Waals surface area (Å²) in [5.74, 6) is -4.17. The Labute approximate surface area is 237 Å². The fourth-order valence-electron chi connectivity index (χ4n) is 6.80. The highest BCUT2D eigenvalue weighted by molar-refractivity contribution is 6.31. The lowest BCUT2D eigenvalue weighted by Gasteiger charge is -2.45. The van der Waals surface area contributed by atoms with Crippen molar-refractivity contribution in [2.24, 2.45) is 17.8 Å². The quantitative estimate of drug-likeness (QED) is 0.339. The van der Waals surface area contributed by atoms with Crippen LogP contribution >= 0.6 is 11.6 Å². The molecule has 0 spiro atoms. The normalized spacial score (nSPS) is 23.0. The molecule has 3 aromatic rings. The molecule has 1 heterocycles. The minimum atomic E-state index is -1.14. The number of ether oxygens (including phenoxy) is 1. The van der Waals surface area contributed by atoms with Gasteiger partial charge in [0.1, 0.15) is 6.04 Å². The number of benzene rings is 3.